The van der Waals surface area contributed by atoms with Gasteiger partial charge in [-0.05, 0) is 36.8 Å². The second-order valence-electron chi connectivity index (χ2n) is 8.59. The van der Waals surface area contributed by atoms with E-state index in [1.807, 2.05) is 55.5 Å². The van der Waals surface area contributed by atoms with E-state index in [-0.39, 0.29) is 24.5 Å². The van der Waals surface area contributed by atoms with Gasteiger partial charge in [-0.2, -0.15) is 0 Å². The number of rotatable bonds is 4. The van der Waals surface area contributed by atoms with Gasteiger partial charge in [0.25, 0.3) is 11.8 Å². The zero-order valence-electron chi connectivity index (χ0n) is 19.3. The third-order valence-corrected chi connectivity index (χ3v) is 6.41. The molecule has 5 rings (SSSR count). The van der Waals surface area contributed by atoms with Crippen LogP contribution in [0.25, 0.3) is 0 Å². The van der Waals surface area contributed by atoms with Crippen LogP contribution in [0.5, 0.6) is 5.75 Å². The standard InChI is InChI=1S/C25H27N5O4/c1-17-4-3-5-19(14-17)24(31)28-10-12-29(13-11-28)25(32)23-21-16-34-22(15-30(21)27-26-23)18-6-8-20(33-2)9-7-18/h3-9,14,22H,10-13,15-16H2,1-2H3/t22-/m0/s1. The maximum atomic E-state index is 13.2. The number of hydrogen-bond acceptors (Lipinski definition) is 6. The van der Waals surface area contributed by atoms with E-state index in [0.29, 0.717) is 49.7 Å². The van der Waals surface area contributed by atoms with Crippen LogP contribution in [0.15, 0.2) is 48.5 Å². The van der Waals surface area contributed by atoms with Crippen LogP contribution in [0.4, 0.5) is 0 Å². The van der Waals surface area contributed by atoms with Crippen LogP contribution in [-0.4, -0.2) is 69.9 Å². The van der Waals surface area contributed by atoms with Crippen molar-refractivity contribution in [3.05, 3.63) is 76.6 Å². The van der Waals surface area contributed by atoms with Crippen molar-refractivity contribution < 1.29 is 19.1 Å². The van der Waals surface area contributed by atoms with Gasteiger partial charge in [-0.15, -0.1) is 5.10 Å². The number of aryl methyl sites for hydroxylation is 1. The Morgan fingerprint density at radius 2 is 1.71 bits per heavy atom. The topological polar surface area (TPSA) is 89.8 Å². The summed E-state index contributed by atoms with van der Waals surface area (Å²) in [5, 5.41) is 8.40. The van der Waals surface area contributed by atoms with Crippen LogP contribution in [0.1, 0.15) is 43.8 Å². The lowest BCUT2D eigenvalue weighted by atomic mass is 10.1. The van der Waals surface area contributed by atoms with Crippen LogP contribution in [0.3, 0.4) is 0 Å². The first-order valence-electron chi connectivity index (χ1n) is 11.4. The Morgan fingerprint density at radius 3 is 2.38 bits per heavy atom. The number of amides is 2. The Bertz CT molecular complexity index is 1200. The number of ether oxygens (including phenoxy) is 2. The van der Waals surface area contributed by atoms with Crippen molar-refractivity contribution in [3.8, 4) is 5.75 Å². The van der Waals surface area contributed by atoms with Crippen molar-refractivity contribution >= 4 is 11.8 Å². The quantitative estimate of drug-likeness (QED) is 0.593. The molecule has 3 heterocycles. The monoisotopic (exact) mass is 461 g/mol. The van der Waals surface area contributed by atoms with Crippen LogP contribution >= 0.6 is 0 Å². The molecule has 0 N–H and O–H groups in total. The number of carbonyl (C=O) groups is 2. The number of methoxy groups -OCH3 is 1. The van der Waals surface area contributed by atoms with Crippen molar-refractivity contribution in [2.75, 3.05) is 33.3 Å². The summed E-state index contributed by atoms with van der Waals surface area (Å²) >= 11 is 0. The second kappa shape index (κ2) is 9.26. The minimum absolute atomic E-state index is 0.00481. The number of nitrogens with zero attached hydrogens (tertiary/aromatic N) is 5. The molecule has 1 saturated heterocycles. The van der Waals surface area contributed by atoms with Gasteiger partial charge in [-0.25, -0.2) is 4.68 Å². The molecule has 2 aliphatic heterocycles. The lowest BCUT2D eigenvalue weighted by molar-refractivity contribution is -0.00204. The van der Waals surface area contributed by atoms with Gasteiger partial charge in [-0.3, -0.25) is 9.59 Å². The molecule has 34 heavy (non-hydrogen) atoms. The van der Waals surface area contributed by atoms with Gasteiger partial charge >= 0.3 is 0 Å². The number of fused-ring (bicyclic) bond motifs is 1. The molecule has 9 nitrogen and oxygen atoms in total. The van der Waals surface area contributed by atoms with Gasteiger partial charge in [0, 0.05) is 31.7 Å². The number of aromatic nitrogens is 3. The maximum Gasteiger partial charge on any atom is 0.276 e. The molecule has 0 saturated carbocycles. The van der Waals surface area contributed by atoms with Crippen LogP contribution in [0, 0.1) is 6.92 Å². The Morgan fingerprint density at radius 1 is 1.00 bits per heavy atom. The van der Waals surface area contributed by atoms with E-state index in [1.165, 1.54) is 0 Å². The predicted molar refractivity (Wildman–Crippen MR) is 124 cm³/mol. The predicted octanol–water partition coefficient (Wildman–Crippen LogP) is 2.46. The van der Waals surface area contributed by atoms with Crippen LogP contribution in [0.2, 0.25) is 0 Å². The first-order chi connectivity index (χ1) is 16.5. The highest BCUT2D eigenvalue weighted by atomic mass is 16.5. The highest BCUT2D eigenvalue weighted by molar-refractivity contribution is 5.95. The number of carbonyl (C=O) groups excluding carboxylic acids is 2. The summed E-state index contributed by atoms with van der Waals surface area (Å²) < 4.78 is 13.0. The Kier molecular flexibility index (Phi) is 6.02. The van der Waals surface area contributed by atoms with Gasteiger partial charge < -0.3 is 19.3 Å². The van der Waals surface area contributed by atoms with Gasteiger partial charge in [-0.1, -0.05) is 35.0 Å². The minimum Gasteiger partial charge on any atom is -0.497 e. The first kappa shape index (κ1) is 22.1. The third-order valence-electron chi connectivity index (χ3n) is 6.41. The van der Waals surface area contributed by atoms with Gasteiger partial charge in [0.05, 0.1) is 26.0 Å². The molecular weight excluding hydrogens is 434 g/mol. The molecule has 2 aliphatic rings. The maximum absolute atomic E-state index is 13.2. The SMILES string of the molecule is COc1ccc([C@@H]2Cn3nnc(C(=O)N4CCN(C(=O)c5cccc(C)c5)CC4)c3CO2)cc1. The molecule has 1 atom stereocenters. The largest absolute Gasteiger partial charge is 0.497 e. The van der Waals surface area contributed by atoms with E-state index in [1.54, 1.807) is 21.6 Å². The Hall–Kier alpha value is -3.72. The van der Waals surface area contributed by atoms with E-state index in [9.17, 15) is 9.59 Å². The number of benzene rings is 2. The lowest BCUT2D eigenvalue weighted by Crippen LogP contribution is -2.50. The zero-order chi connectivity index (χ0) is 23.7. The van der Waals surface area contributed by atoms with Crippen molar-refractivity contribution in [3.63, 3.8) is 0 Å². The van der Waals surface area contributed by atoms with Crippen LogP contribution < -0.4 is 4.74 Å². The molecule has 0 spiro atoms. The molecule has 0 bridgehead atoms. The van der Waals surface area contributed by atoms with Crippen molar-refractivity contribution in [1.82, 2.24) is 24.8 Å². The summed E-state index contributed by atoms with van der Waals surface area (Å²) in [7, 11) is 1.63. The molecule has 2 amide bonds. The highest BCUT2D eigenvalue weighted by Crippen LogP contribution is 2.28. The summed E-state index contributed by atoms with van der Waals surface area (Å²) in [6.45, 7) is 4.60. The van der Waals surface area contributed by atoms with E-state index in [0.717, 1.165) is 16.9 Å². The van der Waals surface area contributed by atoms with Crippen molar-refractivity contribution in [2.45, 2.75) is 26.2 Å². The fraction of sp³-hybridized carbons (Fsp3) is 0.360. The third kappa shape index (κ3) is 4.26. The van der Waals surface area contributed by atoms with Gasteiger partial charge in [0.2, 0.25) is 0 Å². The van der Waals surface area contributed by atoms with Crippen molar-refractivity contribution in [2.24, 2.45) is 0 Å². The van der Waals surface area contributed by atoms with Crippen LogP contribution in [-0.2, 0) is 17.9 Å². The number of piperazine rings is 1. The van der Waals surface area contributed by atoms with E-state index >= 15 is 0 Å². The Labute approximate surface area is 197 Å². The van der Waals surface area contributed by atoms with Gasteiger partial charge in [0.15, 0.2) is 5.69 Å². The fourth-order valence-electron chi connectivity index (χ4n) is 4.42. The summed E-state index contributed by atoms with van der Waals surface area (Å²) in [5.41, 5.74) is 3.76. The van der Waals surface area contributed by atoms with E-state index in [4.69, 9.17) is 9.47 Å². The fourth-order valence-corrected chi connectivity index (χ4v) is 4.42. The molecule has 1 aromatic heterocycles. The minimum atomic E-state index is -0.171. The number of hydrogen-bond donors (Lipinski definition) is 0. The van der Waals surface area contributed by atoms with Gasteiger partial charge in [0.1, 0.15) is 11.9 Å². The summed E-state index contributed by atoms with van der Waals surface area (Å²) in [6.07, 6.45) is -0.167. The highest BCUT2D eigenvalue weighted by Gasteiger charge is 2.32. The molecule has 1 fully saturated rings. The average molecular weight is 462 g/mol. The smallest absolute Gasteiger partial charge is 0.276 e. The van der Waals surface area contributed by atoms with E-state index in [2.05, 4.69) is 10.3 Å². The molecule has 9 heteroatoms. The summed E-state index contributed by atoms with van der Waals surface area (Å²) in [4.78, 5) is 29.5. The van der Waals surface area contributed by atoms with E-state index < -0.39 is 0 Å². The molecule has 176 valence electrons. The average Bonchev–Trinajstić information content (AvgIpc) is 3.31. The molecule has 0 unspecified atom stereocenters. The summed E-state index contributed by atoms with van der Waals surface area (Å²) in [6, 6.07) is 15.3. The van der Waals surface area contributed by atoms with Crippen molar-refractivity contribution in [1.29, 1.82) is 0 Å². The molecule has 0 aliphatic carbocycles. The normalized spacial score (nSPS) is 17.9. The Balaban J connectivity index is 1.22. The summed E-state index contributed by atoms with van der Waals surface area (Å²) in [5.74, 6) is 0.611. The second-order valence-corrected chi connectivity index (χ2v) is 8.59. The molecule has 3 aromatic rings. The zero-order valence-corrected chi connectivity index (χ0v) is 19.3. The molecule has 2 aromatic carbocycles. The lowest BCUT2D eigenvalue weighted by Gasteiger charge is -2.34. The molecule has 0 radical (unpaired) electrons. The first-order valence-corrected chi connectivity index (χ1v) is 11.4. The molecular formula is C25H27N5O4.